The average molecular weight is 227 g/mol. The highest BCUT2D eigenvalue weighted by Crippen LogP contribution is 2.31. The number of carbonyl (C=O) groups excluding carboxylic acids is 1. The zero-order valence-electron chi connectivity index (χ0n) is 9.69. The molecule has 0 N–H and O–H groups in total. The summed E-state index contributed by atoms with van der Waals surface area (Å²) in [5.41, 5.74) is 2.43. The van der Waals surface area contributed by atoms with Crippen molar-refractivity contribution in [3.8, 4) is 6.07 Å². The van der Waals surface area contributed by atoms with Crippen molar-refractivity contribution in [1.82, 2.24) is 0 Å². The van der Waals surface area contributed by atoms with Crippen molar-refractivity contribution in [3.05, 3.63) is 41.2 Å². The molecule has 3 heteroatoms. The van der Waals surface area contributed by atoms with Gasteiger partial charge in [0.15, 0.2) is 0 Å². The van der Waals surface area contributed by atoms with Gasteiger partial charge in [0.05, 0.1) is 18.7 Å². The summed E-state index contributed by atoms with van der Waals surface area (Å²) in [6.07, 6.45) is 1.60. The molecule has 0 radical (unpaired) electrons. The number of carbonyl (C=O) groups is 1. The number of hydrogen-bond acceptors (Lipinski definition) is 3. The molecule has 0 spiro atoms. The molecule has 0 amide bonds. The van der Waals surface area contributed by atoms with E-state index in [-0.39, 0.29) is 5.78 Å². The second kappa shape index (κ2) is 4.84. The number of nitriles is 1. The van der Waals surface area contributed by atoms with Gasteiger partial charge in [0.2, 0.25) is 0 Å². The molecule has 0 aromatic heterocycles. The molecular formula is C14H13NO2. The first-order chi connectivity index (χ1) is 8.24. The van der Waals surface area contributed by atoms with Gasteiger partial charge in [-0.3, -0.25) is 4.79 Å². The van der Waals surface area contributed by atoms with E-state index in [1.807, 2.05) is 12.1 Å². The first-order valence-electron chi connectivity index (χ1n) is 5.53. The molecule has 86 valence electrons. The molecule has 1 aromatic carbocycles. The Morgan fingerprint density at radius 1 is 1.35 bits per heavy atom. The second-order valence-corrected chi connectivity index (χ2v) is 4.01. The molecule has 0 aliphatic heterocycles. The zero-order valence-corrected chi connectivity index (χ0v) is 9.69. The van der Waals surface area contributed by atoms with Crippen molar-refractivity contribution >= 4 is 11.4 Å². The quantitative estimate of drug-likeness (QED) is 0.780. The maximum absolute atomic E-state index is 11.5. The summed E-state index contributed by atoms with van der Waals surface area (Å²) in [5.74, 6) is 1.09. The Morgan fingerprint density at radius 3 is 2.88 bits per heavy atom. The monoisotopic (exact) mass is 227 g/mol. The van der Waals surface area contributed by atoms with Crippen LogP contribution in [-0.2, 0) is 9.53 Å². The van der Waals surface area contributed by atoms with Crippen molar-refractivity contribution in [2.24, 2.45) is 0 Å². The number of Topliss-reactive ketones (excluding diaryl/α,β-unsaturated/α-hetero) is 1. The fourth-order valence-corrected chi connectivity index (χ4v) is 2.05. The Labute approximate surface area is 100 Å². The molecule has 0 saturated carbocycles. The molecule has 1 aromatic rings. The highest BCUT2D eigenvalue weighted by molar-refractivity contribution is 5.93. The first-order valence-corrected chi connectivity index (χ1v) is 5.53. The zero-order chi connectivity index (χ0) is 12.3. The fourth-order valence-electron chi connectivity index (χ4n) is 2.05. The van der Waals surface area contributed by atoms with Gasteiger partial charge >= 0.3 is 0 Å². The van der Waals surface area contributed by atoms with E-state index in [0.29, 0.717) is 24.8 Å². The lowest BCUT2D eigenvalue weighted by Crippen LogP contribution is -2.10. The number of methoxy groups -OCH3 is 1. The third-order valence-corrected chi connectivity index (χ3v) is 2.93. The van der Waals surface area contributed by atoms with Gasteiger partial charge < -0.3 is 4.74 Å². The Bertz CT molecular complexity index is 523. The summed E-state index contributed by atoms with van der Waals surface area (Å²) in [4.78, 5) is 11.5. The molecule has 2 rings (SSSR count). The molecule has 0 fully saturated rings. The van der Waals surface area contributed by atoms with E-state index in [2.05, 4.69) is 6.07 Å². The highest BCUT2D eigenvalue weighted by atomic mass is 16.5. The van der Waals surface area contributed by atoms with Crippen molar-refractivity contribution < 1.29 is 9.53 Å². The summed E-state index contributed by atoms with van der Waals surface area (Å²) in [7, 11) is 1.62. The molecular weight excluding hydrogens is 214 g/mol. The Morgan fingerprint density at radius 2 is 2.18 bits per heavy atom. The lowest BCUT2D eigenvalue weighted by molar-refractivity contribution is -0.118. The summed E-state index contributed by atoms with van der Waals surface area (Å²) < 4.78 is 5.32. The molecule has 1 aliphatic rings. The molecule has 0 atom stereocenters. The predicted molar refractivity (Wildman–Crippen MR) is 63.9 cm³/mol. The average Bonchev–Trinajstić information content (AvgIpc) is 2.39. The van der Waals surface area contributed by atoms with Crippen molar-refractivity contribution in [3.63, 3.8) is 0 Å². The summed E-state index contributed by atoms with van der Waals surface area (Å²) in [5, 5.41) is 8.87. The van der Waals surface area contributed by atoms with E-state index in [4.69, 9.17) is 10.00 Å². The Balaban J connectivity index is 2.46. The van der Waals surface area contributed by atoms with Crippen LogP contribution in [-0.4, -0.2) is 12.9 Å². The van der Waals surface area contributed by atoms with Gasteiger partial charge in [-0.1, -0.05) is 12.1 Å². The van der Waals surface area contributed by atoms with Crippen molar-refractivity contribution in [2.45, 2.75) is 19.3 Å². The minimum Gasteiger partial charge on any atom is -0.501 e. The molecule has 17 heavy (non-hydrogen) atoms. The van der Waals surface area contributed by atoms with E-state index >= 15 is 0 Å². The van der Waals surface area contributed by atoms with Crippen LogP contribution in [0.1, 0.15) is 30.4 Å². The lowest BCUT2D eigenvalue weighted by atomic mass is 9.90. The van der Waals surface area contributed by atoms with Gasteiger partial charge in [-0.2, -0.15) is 5.26 Å². The van der Waals surface area contributed by atoms with Gasteiger partial charge in [-0.25, -0.2) is 0 Å². The van der Waals surface area contributed by atoms with E-state index in [9.17, 15) is 4.79 Å². The number of benzene rings is 1. The van der Waals surface area contributed by atoms with Crippen molar-refractivity contribution in [2.75, 3.05) is 7.11 Å². The van der Waals surface area contributed by atoms with Crippen LogP contribution in [0.2, 0.25) is 0 Å². The van der Waals surface area contributed by atoms with Gasteiger partial charge in [-0.05, 0) is 17.7 Å². The largest absolute Gasteiger partial charge is 0.501 e. The minimum absolute atomic E-state index is 0.225. The lowest BCUT2D eigenvalue weighted by Gasteiger charge is -2.18. The number of allylic oxidation sites excluding steroid dienone is 2. The van der Waals surface area contributed by atoms with Gasteiger partial charge in [0.25, 0.3) is 0 Å². The van der Waals surface area contributed by atoms with Crippen LogP contribution in [0.4, 0.5) is 0 Å². The summed E-state index contributed by atoms with van der Waals surface area (Å²) >= 11 is 0. The SMILES string of the molecule is COC1=C(c2cccc(C#N)c2)CC(=O)CC1. The molecule has 0 heterocycles. The van der Waals surface area contributed by atoms with E-state index in [1.165, 1.54) is 0 Å². The van der Waals surface area contributed by atoms with Crippen LogP contribution in [0.5, 0.6) is 0 Å². The maximum Gasteiger partial charge on any atom is 0.137 e. The first kappa shape index (κ1) is 11.4. The van der Waals surface area contributed by atoms with E-state index in [1.54, 1.807) is 19.2 Å². The van der Waals surface area contributed by atoms with Crippen LogP contribution >= 0.6 is 0 Å². The Kier molecular flexibility index (Phi) is 3.24. The molecule has 1 aliphatic carbocycles. The van der Waals surface area contributed by atoms with Crippen LogP contribution in [0.25, 0.3) is 5.57 Å². The fraction of sp³-hybridized carbons (Fsp3) is 0.286. The standard InChI is InChI=1S/C14H13NO2/c1-17-14-6-5-12(16)8-13(14)11-4-2-3-10(7-11)9-15/h2-4,7H,5-6,8H2,1H3. The van der Waals surface area contributed by atoms with Crippen molar-refractivity contribution in [1.29, 1.82) is 5.26 Å². The number of rotatable bonds is 2. The smallest absolute Gasteiger partial charge is 0.137 e. The minimum atomic E-state index is 0.225. The third kappa shape index (κ3) is 2.36. The topological polar surface area (TPSA) is 50.1 Å². The van der Waals surface area contributed by atoms with E-state index < -0.39 is 0 Å². The van der Waals surface area contributed by atoms with E-state index in [0.717, 1.165) is 16.9 Å². The van der Waals surface area contributed by atoms with Crippen LogP contribution in [0.15, 0.2) is 30.0 Å². The summed E-state index contributed by atoms with van der Waals surface area (Å²) in [6.45, 7) is 0. The number of ether oxygens (including phenoxy) is 1. The normalized spacial score (nSPS) is 15.6. The summed E-state index contributed by atoms with van der Waals surface area (Å²) in [6, 6.07) is 9.39. The Hall–Kier alpha value is -2.08. The van der Waals surface area contributed by atoms with Crippen LogP contribution < -0.4 is 0 Å². The molecule has 0 bridgehead atoms. The van der Waals surface area contributed by atoms with Crippen LogP contribution in [0.3, 0.4) is 0 Å². The second-order valence-electron chi connectivity index (χ2n) is 4.01. The number of nitrogens with zero attached hydrogens (tertiary/aromatic N) is 1. The van der Waals surface area contributed by atoms with Crippen LogP contribution in [0, 0.1) is 11.3 Å². The number of hydrogen-bond donors (Lipinski definition) is 0. The molecule has 0 unspecified atom stereocenters. The van der Waals surface area contributed by atoms with Gasteiger partial charge in [0.1, 0.15) is 11.5 Å². The predicted octanol–water partition coefficient (Wildman–Crippen LogP) is 2.67. The maximum atomic E-state index is 11.5. The molecule has 0 saturated heterocycles. The third-order valence-electron chi connectivity index (χ3n) is 2.93. The highest BCUT2D eigenvalue weighted by Gasteiger charge is 2.20. The number of ketones is 1. The van der Waals surface area contributed by atoms with Gasteiger partial charge in [-0.15, -0.1) is 0 Å². The van der Waals surface area contributed by atoms with Gasteiger partial charge in [0, 0.05) is 24.8 Å². The molecule has 3 nitrogen and oxygen atoms in total.